The van der Waals surface area contributed by atoms with E-state index in [4.69, 9.17) is 11.6 Å². The van der Waals surface area contributed by atoms with E-state index >= 15 is 0 Å². The van der Waals surface area contributed by atoms with Crippen molar-refractivity contribution in [2.24, 2.45) is 5.41 Å². The van der Waals surface area contributed by atoms with Gasteiger partial charge in [-0.05, 0) is 46.0 Å². The van der Waals surface area contributed by atoms with Crippen LogP contribution in [0.5, 0.6) is 0 Å². The molecule has 0 fully saturated rings. The van der Waals surface area contributed by atoms with Crippen LogP contribution in [0.3, 0.4) is 0 Å². The minimum Gasteiger partial charge on any atom is -0.282 e. The standard InChI is InChI=1S/C12H17BrClNO2S/c1-12(2,3)6-7-18(16,17)15-11-5-4-9(14)8-10(11)13/h4-5,8,15H,6-7H2,1-3H3. The summed E-state index contributed by atoms with van der Waals surface area (Å²) in [7, 11) is -3.33. The Labute approximate surface area is 122 Å². The Morgan fingerprint density at radius 3 is 2.44 bits per heavy atom. The van der Waals surface area contributed by atoms with Crippen molar-refractivity contribution in [2.45, 2.75) is 27.2 Å². The maximum atomic E-state index is 11.9. The highest BCUT2D eigenvalue weighted by atomic mass is 79.9. The Bertz CT molecular complexity index is 523. The van der Waals surface area contributed by atoms with Crippen molar-refractivity contribution in [3.63, 3.8) is 0 Å². The summed E-state index contributed by atoms with van der Waals surface area (Å²) in [4.78, 5) is 0. The Hall–Kier alpha value is -0.260. The lowest BCUT2D eigenvalue weighted by atomic mass is 9.94. The lowest BCUT2D eigenvalue weighted by molar-refractivity contribution is 0.397. The third kappa shape index (κ3) is 5.59. The van der Waals surface area contributed by atoms with E-state index in [0.29, 0.717) is 21.6 Å². The van der Waals surface area contributed by atoms with E-state index in [-0.39, 0.29) is 11.2 Å². The maximum absolute atomic E-state index is 11.9. The van der Waals surface area contributed by atoms with Gasteiger partial charge in [0.05, 0.1) is 11.4 Å². The van der Waals surface area contributed by atoms with E-state index in [1.54, 1.807) is 18.2 Å². The number of benzene rings is 1. The number of hydrogen-bond acceptors (Lipinski definition) is 2. The van der Waals surface area contributed by atoms with E-state index < -0.39 is 10.0 Å². The first-order valence-corrected chi connectivity index (χ1v) is 8.37. The summed E-state index contributed by atoms with van der Waals surface area (Å²) in [5, 5.41) is 0.555. The number of rotatable bonds is 4. The van der Waals surface area contributed by atoms with Crippen molar-refractivity contribution in [2.75, 3.05) is 10.5 Å². The molecule has 0 atom stereocenters. The summed E-state index contributed by atoms with van der Waals surface area (Å²) in [5.74, 6) is 0.103. The van der Waals surface area contributed by atoms with Gasteiger partial charge in [0, 0.05) is 9.50 Å². The highest BCUT2D eigenvalue weighted by Gasteiger charge is 2.18. The lowest BCUT2D eigenvalue weighted by Crippen LogP contribution is -2.21. The van der Waals surface area contributed by atoms with Crippen LogP contribution in [-0.2, 0) is 10.0 Å². The second-order valence-electron chi connectivity index (χ2n) is 5.36. The van der Waals surface area contributed by atoms with Gasteiger partial charge in [-0.25, -0.2) is 8.42 Å². The van der Waals surface area contributed by atoms with E-state index in [9.17, 15) is 8.42 Å². The Morgan fingerprint density at radius 2 is 1.94 bits per heavy atom. The van der Waals surface area contributed by atoms with Crippen LogP contribution in [0.15, 0.2) is 22.7 Å². The average molecular weight is 355 g/mol. The molecule has 1 N–H and O–H groups in total. The van der Waals surface area contributed by atoms with Gasteiger partial charge in [-0.3, -0.25) is 4.72 Å². The average Bonchev–Trinajstić information content (AvgIpc) is 2.19. The third-order valence-electron chi connectivity index (χ3n) is 2.32. The van der Waals surface area contributed by atoms with Crippen LogP contribution in [0.25, 0.3) is 0 Å². The second kappa shape index (κ2) is 5.80. The van der Waals surface area contributed by atoms with E-state index in [2.05, 4.69) is 20.7 Å². The molecule has 1 rings (SSSR count). The number of halogens is 2. The van der Waals surface area contributed by atoms with Crippen LogP contribution < -0.4 is 4.72 Å². The molecule has 0 aromatic heterocycles. The van der Waals surface area contributed by atoms with Crippen LogP contribution in [0.1, 0.15) is 27.2 Å². The molecule has 0 heterocycles. The van der Waals surface area contributed by atoms with E-state index in [1.807, 2.05) is 20.8 Å². The number of hydrogen-bond donors (Lipinski definition) is 1. The molecule has 0 saturated heterocycles. The Balaban J connectivity index is 2.77. The first-order chi connectivity index (χ1) is 8.09. The van der Waals surface area contributed by atoms with Gasteiger partial charge in [0.1, 0.15) is 0 Å². The topological polar surface area (TPSA) is 46.2 Å². The fourth-order valence-corrected chi connectivity index (χ4v) is 3.64. The second-order valence-corrected chi connectivity index (χ2v) is 8.49. The predicted molar refractivity (Wildman–Crippen MR) is 80.6 cm³/mol. The number of sulfonamides is 1. The molecule has 1 aromatic carbocycles. The molecule has 0 bridgehead atoms. The summed E-state index contributed by atoms with van der Waals surface area (Å²) in [6.45, 7) is 6.04. The third-order valence-corrected chi connectivity index (χ3v) is 4.48. The van der Waals surface area contributed by atoms with Gasteiger partial charge in [0.2, 0.25) is 10.0 Å². The molecule has 0 amide bonds. The predicted octanol–water partition coefficient (Wildman–Crippen LogP) is 4.28. The van der Waals surface area contributed by atoms with Gasteiger partial charge < -0.3 is 0 Å². The minimum absolute atomic E-state index is 0.00796. The smallest absolute Gasteiger partial charge is 0.232 e. The first kappa shape index (κ1) is 15.8. The van der Waals surface area contributed by atoms with Gasteiger partial charge in [-0.2, -0.15) is 0 Å². The van der Waals surface area contributed by atoms with Gasteiger partial charge in [-0.15, -0.1) is 0 Å². The van der Waals surface area contributed by atoms with Crippen LogP contribution in [0, 0.1) is 5.41 Å². The summed E-state index contributed by atoms with van der Waals surface area (Å²) in [6, 6.07) is 4.94. The molecule has 102 valence electrons. The maximum Gasteiger partial charge on any atom is 0.232 e. The number of anilines is 1. The zero-order valence-electron chi connectivity index (χ0n) is 10.6. The molecule has 0 aliphatic carbocycles. The SMILES string of the molecule is CC(C)(C)CCS(=O)(=O)Nc1ccc(Cl)cc1Br. The lowest BCUT2D eigenvalue weighted by Gasteiger charge is -2.18. The quantitative estimate of drug-likeness (QED) is 0.877. The van der Waals surface area contributed by atoms with Crippen molar-refractivity contribution >= 4 is 43.2 Å². The molecule has 0 unspecified atom stereocenters. The molecular formula is C12H17BrClNO2S. The largest absolute Gasteiger partial charge is 0.282 e. The van der Waals surface area contributed by atoms with Gasteiger partial charge in [0.25, 0.3) is 0 Å². The molecule has 0 aliphatic rings. The number of nitrogens with one attached hydrogen (secondary N) is 1. The van der Waals surface area contributed by atoms with Crippen molar-refractivity contribution in [3.05, 3.63) is 27.7 Å². The molecular weight excluding hydrogens is 338 g/mol. The first-order valence-electron chi connectivity index (χ1n) is 5.55. The Morgan fingerprint density at radius 1 is 1.33 bits per heavy atom. The monoisotopic (exact) mass is 353 g/mol. The molecule has 0 spiro atoms. The molecule has 1 aromatic rings. The summed E-state index contributed by atoms with van der Waals surface area (Å²) < 4.78 is 27.0. The molecule has 3 nitrogen and oxygen atoms in total. The van der Waals surface area contributed by atoms with Crippen molar-refractivity contribution in [3.8, 4) is 0 Å². The van der Waals surface area contributed by atoms with Crippen LogP contribution in [-0.4, -0.2) is 14.2 Å². The van der Waals surface area contributed by atoms with Crippen molar-refractivity contribution in [1.29, 1.82) is 0 Å². The molecule has 0 radical (unpaired) electrons. The van der Waals surface area contributed by atoms with Crippen LogP contribution in [0.4, 0.5) is 5.69 Å². The highest BCUT2D eigenvalue weighted by molar-refractivity contribution is 9.10. The van der Waals surface area contributed by atoms with Crippen LogP contribution in [0.2, 0.25) is 5.02 Å². The van der Waals surface area contributed by atoms with Crippen molar-refractivity contribution < 1.29 is 8.42 Å². The fraction of sp³-hybridized carbons (Fsp3) is 0.500. The molecule has 0 saturated carbocycles. The summed E-state index contributed by atoms with van der Waals surface area (Å²) >= 11 is 9.08. The summed E-state index contributed by atoms with van der Waals surface area (Å²) in [6.07, 6.45) is 0.605. The zero-order chi connectivity index (χ0) is 14.0. The summed E-state index contributed by atoms with van der Waals surface area (Å²) in [5.41, 5.74) is 0.500. The van der Waals surface area contributed by atoms with E-state index in [0.717, 1.165) is 0 Å². The zero-order valence-corrected chi connectivity index (χ0v) is 13.8. The molecule has 0 aliphatic heterocycles. The fourth-order valence-electron chi connectivity index (χ4n) is 1.23. The highest BCUT2D eigenvalue weighted by Crippen LogP contribution is 2.27. The minimum atomic E-state index is -3.33. The molecule has 6 heteroatoms. The van der Waals surface area contributed by atoms with Gasteiger partial charge >= 0.3 is 0 Å². The van der Waals surface area contributed by atoms with E-state index in [1.165, 1.54) is 0 Å². The normalized spacial score (nSPS) is 12.5. The Kier molecular flexibility index (Phi) is 5.09. The van der Waals surface area contributed by atoms with Gasteiger partial charge in [0.15, 0.2) is 0 Å². The molecule has 18 heavy (non-hydrogen) atoms. The van der Waals surface area contributed by atoms with Gasteiger partial charge in [-0.1, -0.05) is 32.4 Å². The van der Waals surface area contributed by atoms with Crippen molar-refractivity contribution in [1.82, 2.24) is 0 Å². The van der Waals surface area contributed by atoms with Crippen LogP contribution >= 0.6 is 27.5 Å².